The summed E-state index contributed by atoms with van der Waals surface area (Å²) < 4.78 is 9.20. The molecule has 2 heterocycles. The number of aromatic nitrogens is 1. The molecule has 0 aliphatic heterocycles. The number of hydrogen-bond acceptors (Lipinski definition) is 2. The fourth-order valence-corrected chi connectivity index (χ4v) is 12.1. The molecule has 0 saturated heterocycles. The highest BCUT2D eigenvalue weighted by atomic mass is 16.3. The van der Waals surface area contributed by atoms with Gasteiger partial charge in [0.2, 0.25) is 0 Å². The van der Waals surface area contributed by atoms with Crippen LogP contribution < -0.4 is 4.90 Å². The molecular weight excluding hydrogens is 837 g/mol. The molecule has 3 nitrogen and oxygen atoms in total. The maximum absolute atomic E-state index is 6.82. The second-order valence-electron chi connectivity index (χ2n) is 20.1. The number of nitrogens with zero attached hydrogens (tertiary/aromatic N) is 2. The summed E-state index contributed by atoms with van der Waals surface area (Å²) in [4.78, 5) is 2.44. The second-order valence-corrected chi connectivity index (χ2v) is 20.1. The Hall–Kier alpha value is -8.40. The van der Waals surface area contributed by atoms with E-state index in [9.17, 15) is 0 Å². The zero-order valence-corrected chi connectivity index (χ0v) is 39.1. The van der Waals surface area contributed by atoms with Crippen LogP contribution in [-0.2, 0) is 10.8 Å². The molecule has 0 atom stereocenters. The largest absolute Gasteiger partial charge is 0.454 e. The van der Waals surface area contributed by atoms with E-state index in [4.69, 9.17) is 4.42 Å². The lowest BCUT2D eigenvalue weighted by Gasteiger charge is -2.29. The van der Waals surface area contributed by atoms with Gasteiger partial charge in [0.05, 0.1) is 16.7 Å². The van der Waals surface area contributed by atoms with Crippen LogP contribution in [0.25, 0.3) is 93.9 Å². The van der Waals surface area contributed by atoms with Gasteiger partial charge < -0.3 is 13.9 Å². The van der Waals surface area contributed by atoms with Gasteiger partial charge in [0.25, 0.3) is 0 Å². The molecule has 0 unspecified atom stereocenters. The average molecular weight is 885 g/mol. The summed E-state index contributed by atoms with van der Waals surface area (Å²) in [6, 6.07) is 80.5. The first-order valence-corrected chi connectivity index (χ1v) is 24.2. The van der Waals surface area contributed by atoms with Gasteiger partial charge in [-0.15, -0.1) is 0 Å². The minimum absolute atomic E-state index is 0.217. The normalized spacial score (nSPS) is 14.0. The van der Waals surface area contributed by atoms with Crippen LogP contribution in [0.3, 0.4) is 0 Å². The Balaban J connectivity index is 0.893. The van der Waals surface area contributed by atoms with Crippen LogP contribution in [0, 0.1) is 0 Å². The average Bonchev–Trinajstić information content (AvgIpc) is 4.07. The molecule has 10 aromatic carbocycles. The fourth-order valence-electron chi connectivity index (χ4n) is 12.1. The highest BCUT2D eigenvalue weighted by Gasteiger charge is 2.39. The highest BCUT2D eigenvalue weighted by molar-refractivity contribution is 6.12. The topological polar surface area (TPSA) is 21.3 Å². The molecule has 2 aliphatic rings. The lowest BCUT2D eigenvalue weighted by molar-refractivity contribution is 0.660. The summed E-state index contributed by atoms with van der Waals surface area (Å²) >= 11 is 0. The first-order chi connectivity index (χ1) is 33.7. The van der Waals surface area contributed by atoms with Gasteiger partial charge in [-0.05, 0) is 146 Å². The Morgan fingerprint density at radius 2 is 0.855 bits per heavy atom. The summed E-state index contributed by atoms with van der Waals surface area (Å²) in [5.74, 6) is 0. The molecule has 2 aliphatic carbocycles. The number of furan rings is 1. The monoisotopic (exact) mass is 884 g/mol. The van der Waals surface area contributed by atoms with Crippen molar-refractivity contribution in [3.8, 4) is 50.2 Å². The Bertz CT molecular complexity index is 4070. The van der Waals surface area contributed by atoms with Gasteiger partial charge in [-0.1, -0.05) is 167 Å². The van der Waals surface area contributed by atoms with E-state index in [1.165, 1.54) is 94.3 Å². The van der Waals surface area contributed by atoms with Crippen LogP contribution in [0.15, 0.2) is 223 Å². The van der Waals surface area contributed by atoms with E-state index in [-0.39, 0.29) is 10.8 Å². The van der Waals surface area contributed by atoms with Crippen LogP contribution in [0.2, 0.25) is 0 Å². The van der Waals surface area contributed by atoms with Gasteiger partial charge in [-0.2, -0.15) is 0 Å². The minimum atomic E-state index is -0.265. The second kappa shape index (κ2) is 14.6. The van der Waals surface area contributed by atoms with Gasteiger partial charge in [0, 0.05) is 49.4 Å². The van der Waals surface area contributed by atoms with Crippen molar-refractivity contribution in [3.05, 3.63) is 241 Å². The van der Waals surface area contributed by atoms with Crippen molar-refractivity contribution in [2.75, 3.05) is 4.90 Å². The number of fused-ring (bicyclic) bond motifs is 12. The third-order valence-electron chi connectivity index (χ3n) is 15.6. The molecule has 0 spiro atoms. The van der Waals surface area contributed by atoms with Crippen molar-refractivity contribution >= 4 is 60.8 Å². The van der Waals surface area contributed by atoms with Crippen molar-refractivity contribution in [3.63, 3.8) is 0 Å². The van der Waals surface area contributed by atoms with Crippen molar-refractivity contribution in [1.82, 2.24) is 4.57 Å². The van der Waals surface area contributed by atoms with Crippen LogP contribution in [-0.4, -0.2) is 4.57 Å². The third kappa shape index (κ3) is 5.80. The van der Waals surface area contributed by atoms with Crippen molar-refractivity contribution in [1.29, 1.82) is 0 Å². The maximum atomic E-state index is 6.82. The number of hydrogen-bond donors (Lipinski definition) is 0. The predicted molar refractivity (Wildman–Crippen MR) is 289 cm³/mol. The Morgan fingerprint density at radius 1 is 0.362 bits per heavy atom. The number of rotatable bonds is 6. The van der Waals surface area contributed by atoms with E-state index < -0.39 is 0 Å². The van der Waals surface area contributed by atoms with Gasteiger partial charge >= 0.3 is 0 Å². The molecule has 14 rings (SSSR count). The van der Waals surface area contributed by atoms with Gasteiger partial charge in [0.15, 0.2) is 5.58 Å². The lowest BCUT2D eigenvalue weighted by atomic mass is 9.81. The van der Waals surface area contributed by atoms with E-state index in [2.05, 4.69) is 256 Å². The zero-order valence-electron chi connectivity index (χ0n) is 39.1. The number of anilines is 3. The third-order valence-corrected chi connectivity index (χ3v) is 15.6. The smallest absolute Gasteiger partial charge is 0.159 e. The van der Waals surface area contributed by atoms with Crippen molar-refractivity contribution < 1.29 is 4.42 Å². The Kier molecular flexibility index (Phi) is 8.38. The molecule has 0 bridgehead atoms. The molecule has 3 heteroatoms. The van der Waals surface area contributed by atoms with E-state index in [0.717, 1.165) is 39.0 Å². The predicted octanol–water partition coefficient (Wildman–Crippen LogP) is 18.1. The van der Waals surface area contributed by atoms with E-state index >= 15 is 0 Å². The molecule has 0 N–H and O–H groups in total. The van der Waals surface area contributed by atoms with Gasteiger partial charge in [-0.3, -0.25) is 0 Å². The molecule has 69 heavy (non-hydrogen) atoms. The summed E-state index contributed by atoms with van der Waals surface area (Å²) in [5.41, 5.74) is 23.6. The van der Waals surface area contributed by atoms with E-state index in [1.54, 1.807) is 0 Å². The molecule has 2 aromatic heterocycles. The van der Waals surface area contributed by atoms with E-state index in [0.29, 0.717) is 0 Å². The molecule has 12 aromatic rings. The first kappa shape index (κ1) is 39.7. The fraction of sp³-hybridized carbons (Fsp3) is 0.0909. The van der Waals surface area contributed by atoms with Crippen LogP contribution in [0.1, 0.15) is 49.9 Å². The molecule has 0 saturated carbocycles. The number of para-hydroxylation sites is 4. The zero-order chi connectivity index (χ0) is 46.2. The standard InChI is InChI=1S/C66H48N2O/c1-65(2)56-37-43(41-16-7-5-8-17-41)26-31-48(56)50-33-29-46(39-58(50)65)67(62-24-15-22-54-53-21-12-14-25-63(53)69-64(54)62)47-30-34-51-49-32-27-44(38-57(49)66(3,4)59(51)40-47)42-28-35-61-55(36-42)52-20-11-13-23-60(52)68(61)45-18-9-6-10-19-45/h5-40H,1-4H3. The molecule has 0 radical (unpaired) electrons. The summed E-state index contributed by atoms with van der Waals surface area (Å²) in [6.45, 7) is 9.55. The van der Waals surface area contributed by atoms with Gasteiger partial charge in [0.1, 0.15) is 5.58 Å². The van der Waals surface area contributed by atoms with Crippen molar-refractivity contribution in [2.24, 2.45) is 0 Å². The van der Waals surface area contributed by atoms with Crippen LogP contribution >= 0.6 is 0 Å². The molecular formula is C66H48N2O. The minimum Gasteiger partial charge on any atom is -0.454 e. The Labute approximate surface area is 402 Å². The number of benzene rings is 10. The van der Waals surface area contributed by atoms with E-state index in [1.807, 2.05) is 0 Å². The summed E-state index contributed by atoms with van der Waals surface area (Å²) in [5, 5.41) is 4.75. The maximum Gasteiger partial charge on any atom is 0.159 e. The quantitative estimate of drug-likeness (QED) is 0.166. The molecule has 0 amide bonds. The molecule has 0 fully saturated rings. The molecule has 328 valence electrons. The summed E-state index contributed by atoms with van der Waals surface area (Å²) in [7, 11) is 0. The van der Waals surface area contributed by atoms with Gasteiger partial charge in [-0.25, -0.2) is 0 Å². The van der Waals surface area contributed by atoms with Crippen LogP contribution in [0.4, 0.5) is 17.1 Å². The lowest BCUT2D eigenvalue weighted by Crippen LogP contribution is -2.18. The first-order valence-electron chi connectivity index (χ1n) is 24.2. The van der Waals surface area contributed by atoms with Crippen molar-refractivity contribution in [2.45, 2.75) is 38.5 Å². The highest BCUT2D eigenvalue weighted by Crippen LogP contribution is 2.55. The Morgan fingerprint density at radius 3 is 1.52 bits per heavy atom. The van der Waals surface area contributed by atoms with Crippen LogP contribution in [0.5, 0.6) is 0 Å². The SMILES string of the molecule is CC1(C)c2cc(-c3ccccc3)ccc2-c2ccc(N(c3ccc4c(c3)C(C)(C)c3cc(-c5ccc6c(c5)c5ccccc5n6-c5ccccc5)ccc3-4)c3cccc4c3oc3ccccc34)cc21. The summed E-state index contributed by atoms with van der Waals surface area (Å²) in [6.07, 6.45) is 0.